The average molecular weight is 611 g/mol. The predicted molar refractivity (Wildman–Crippen MR) is 158 cm³/mol. The molecule has 12 heteroatoms. The van der Waals surface area contributed by atoms with Crippen LogP contribution in [0, 0.1) is 11.6 Å². The number of pyridine rings is 1. The van der Waals surface area contributed by atoms with Gasteiger partial charge in [0.05, 0.1) is 12.0 Å². The van der Waals surface area contributed by atoms with Crippen molar-refractivity contribution in [3.8, 4) is 39.7 Å². The highest BCUT2D eigenvalue weighted by atomic mass is 32.2. The smallest absolute Gasteiger partial charge is 0.261 e. The fourth-order valence-corrected chi connectivity index (χ4v) is 4.82. The van der Waals surface area contributed by atoms with E-state index in [1.54, 1.807) is 61.8 Å². The summed E-state index contributed by atoms with van der Waals surface area (Å²) >= 11 is -2.18. The number of nitrogens with one attached hydrogen (secondary N) is 1. The molecule has 0 bridgehead atoms. The summed E-state index contributed by atoms with van der Waals surface area (Å²) in [7, 11) is 1.60. The third-order valence-corrected chi connectivity index (χ3v) is 7.10. The molecule has 5 rings (SSSR count). The van der Waals surface area contributed by atoms with Crippen molar-refractivity contribution in [2.75, 3.05) is 19.8 Å². The molecule has 9 nitrogen and oxygen atoms in total. The Labute approximate surface area is 247 Å². The van der Waals surface area contributed by atoms with E-state index < -0.39 is 22.9 Å². The van der Waals surface area contributed by atoms with Crippen LogP contribution in [0.3, 0.4) is 0 Å². The Morgan fingerprint density at radius 2 is 1.77 bits per heavy atom. The van der Waals surface area contributed by atoms with Gasteiger partial charge in [-0.3, -0.25) is 9.35 Å². The van der Waals surface area contributed by atoms with Gasteiger partial charge in [0.15, 0.2) is 11.6 Å². The minimum absolute atomic E-state index is 0.0311. The highest BCUT2D eigenvalue weighted by Crippen LogP contribution is 2.40. The monoisotopic (exact) mass is 610 g/mol. The zero-order valence-electron chi connectivity index (χ0n) is 23.0. The molecular weight excluding hydrogens is 582 g/mol. The van der Waals surface area contributed by atoms with Gasteiger partial charge < -0.3 is 23.6 Å². The standard InChI is InChI=1S/C31H28F2N2O7S/c1-35-18-25(30-24(31(35)37)17-29(42-30)20-4-7-22(8-5-20)40-14-2-13-36)23-15-19(11-12-34-43(38)39)3-9-27(23)41-28-10-6-21(32)16-26(28)33/h3-10,15-18,34,36H,2,11-14H2,1H3,(H,38,39). The maximum Gasteiger partial charge on any atom is 0.261 e. The molecule has 0 aliphatic heterocycles. The third kappa shape index (κ3) is 7.00. The first-order chi connectivity index (χ1) is 20.7. The van der Waals surface area contributed by atoms with Crippen LogP contribution in [0.2, 0.25) is 0 Å². The topological polar surface area (TPSA) is 123 Å². The van der Waals surface area contributed by atoms with E-state index in [-0.39, 0.29) is 35.8 Å². The minimum Gasteiger partial charge on any atom is -0.494 e. The molecular formula is C31H28F2N2O7S. The quantitative estimate of drug-likeness (QED) is 0.125. The summed E-state index contributed by atoms with van der Waals surface area (Å²) < 4.78 is 69.8. The second-order valence-electron chi connectivity index (χ2n) is 9.66. The maximum absolute atomic E-state index is 14.6. The first-order valence-electron chi connectivity index (χ1n) is 13.3. The number of rotatable bonds is 12. The second-order valence-corrected chi connectivity index (χ2v) is 10.5. The largest absolute Gasteiger partial charge is 0.494 e. The van der Waals surface area contributed by atoms with Crippen LogP contribution < -0.4 is 19.8 Å². The van der Waals surface area contributed by atoms with Gasteiger partial charge in [0.25, 0.3) is 5.56 Å². The van der Waals surface area contributed by atoms with Gasteiger partial charge in [-0.05, 0) is 66.6 Å². The molecule has 0 fully saturated rings. The van der Waals surface area contributed by atoms with Crippen LogP contribution in [-0.4, -0.2) is 38.2 Å². The van der Waals surface area contributed by atoms with E-state index in [4.69, 9.17) is 23.6 Å². The number of fused-ring (bicyclic) bond motifs is 1. The Hall–Kier alpha value is -4.36. The molecule has 0 radical (unpaired) electrons. The number of hydrogen-bond acceptors (Lipinski definition) is 6. The molecule has 2 aromatic heterocycles. The van der Waals surface area contributed by atoms with E-state index in [1.165, 1.54) is 10.6 Å². The number of aliphatic hydroxyl groups is 1. The fraction of sp³-hybridized carbons (Fsp3) is 0.194. The lowest BCUT2D eigenvalue weighted by Gasteiger charge is -2.15. The molecule has 0 amide bonds. The average Bonchev–Trinajstić information content (AvgIpc) is 3.43. The number of aryl methyl sites for hydroxylation is 1. The molecule has 224 valence electrons. The highest BCUT2D eigenvalue weighted by molar-refractivity contribution is 7.77. The molecule has 3 aromatic carbocycles. The first-order valence-corrected chi connectivity index (χ1v) is 14.4. The van der Waals surface area contributed by atoms with Crippen molar-refractivity contribution < 1.29 is 36.5 Å². The Morgan fingerprint density at radius 3 is 2.49 bits per heavy atom. The molecule has 1 unspecified atom stereocenters. The molecule has 2 heterocycles. The summed E-state index contributed by atoms with van der Waals surface area (Å²) in [6.07, 6.45) is 2.47. The van der Waals surface area contributed by atoms with Crippen molar-refractivity contribution in [2.24, 2.45) is 7.05 Å². The van der Waals surface area contributed by atoms with Crippen LogP contribution >= 0.6 is 0 Å². The van der Waals surface area contributed by atoms with E-state index in [0.717, 1.165) is 17.7 Å². The van der Waals surface area contributed by atoms with Crippen molar-refractivity contribution in [1.29, 1.82) is 0 Å². The van der Waals surface area contributed by atoms with Crippen molar-refractivity contribution in [1.82, 2.24) is 9.29 Å². The lowest BCUT2D eigenvalue weighted by Crippen LogP contribution is -2.19. The normalized spacial score (nSPS) is 12.0. The lowest BCUT2D eigenvalue weighted by molar-refractivity contribution is 0.233. The summed E-state index contributed by atoms with van der Waals surface area (Å²) in [4.78, 5) is 13.2. The number of ether oxygens (including phenoxy) is 2. The van der Waals surface area contributed by atoms with Crippen LogP contribution in [0.5, 0.6) is 17.2 Å². The molecule has 0 saturated heterocycles. The van der Waals surface area contributed by atoms with Crippen LogP contribution in [0.25, 0.3) is 33.4 Å². The number of nitrogens with zero attached hydrogens (tertiary/aromatic N) is 1. The maximum atomic E-state index is 14.6. The van der Waals surface area contributed by atoms with Gasteiger partial charge >= 0.3 is 0 Å². The molecule has 3 N–H and O–H groups in total. The molecule has 43 heavy (non-hydrogen) atoms. The van der Waals surface area contributed by atoms with Gasteiger partial charge in [0.1, 0.15) is 28.7 Å². The van der Waals surface area contributed by atoms with Gasteiger partial charge in [-0.2, -0.15) is 0 Å². The molecule has 1 atom stereocenters. The minimum atomic E-state index is -2.18. The van der Waals surface area contributed by atoms with Crippen LogP contribution in [-0.2, 0) is 24.7 Å². The number of hydrogen-bond donors (Lipinski definition) is 3. The van der Waals surface area contributed by atoms with Crippen molar-refractivity contribution in [3.63, 3.8) is 0 Å². The zero-order valence-corrected chi connectivity index (χ0v) is 23.8. The Balaban J connectivity index is 1.60. The molecule has 0 aliphatic carbocycles. The van der Waals surface area contributed by atoms with E-state index >= 15 is 0 Å². The Bertz CT molecular complexity index is 1840. The number of benzene rings is 3. The lowest BCUT2D eigenvalue weighted by atomic mass is 10.0. The summed E-state index contributed by atoms with van der Waals surface area (Å²) in [5.74, 6) is -0.568. The molecule has 0 spiro atoms. The van der Waals surface area contributed by atoms with E-state index in [2.05, 4.69) is 4.72 Å². The summed E-state index contributed by atoms with van der Waals surface area (Å²) in [6, 6.07) is 16.8. The number of furan rings is 1. The van der Waals surface area contributed by atoms with Gasteiger partial charge in [0, 0.05) is 55.6 Å². The first kappa shape index (κ1) is 30.1. The summed E-state index contributed by atoms with van der Waals surface area (Å²) in [5.41, 5.74) is 2.37. The second kappa shape index (κ2) is 13.3. The van der Waals surface area contributed by atoms with Crippen LogP contribution in [0.4, 0.5) is 8.78 Å². The molecule has 5 aromatic rings. The summed E-state index contributed by atoms with van der Waals surface area (Å²) in [6.45, 7) is 0.602. The summed E-state index contributed by atoms with van der Waals surface area (Å²) in [5, 5.41) is 9.26. The van der Waals surface area contributed by atoms with E-state index in [0.29, 0.717) is 53.0 Å². The van der Waals surface area contributed by atoms with Crippen LogP contribution in [0.15, 0.2) is 82.1 Å². The Morgan fingerprint density at radius 1 is 1.00 bits per heavy atom. The zero-order chi connectivity index (χ0) is 30.5. The highest BCUT2D eigenvalue weighted by Gasteiger charge is 2.20. The Kier molecular flexibility index (Phi) is 9.31. The SMILES string of the molecule is Cn1cc(-c2cc(CCNS(=O)O)ccc2Oc2ccc(F)cc2F)c2oc(-c3ccc(OCCCO)cc3)cc2c1=O. The molecule has 0 saturated carbocycles. The third-order valence-electron chi connectivity index (χ3n) is 6.65. The van der Waals surface area contributed by atoms with Crippen molar-refractivity contribution in [3.05, 3.63) is 100 Å². The molecule has 0 aliphatic rings. The van der Waals surface area contributed by atoms with Crippen molar-refractivity contribution in [2.45, 2.75) is 12.8 Å². The van der Waals surface area contributed by atoms with Gasteiger partial charge in [-0.15, -0.1) is 0 Å². The van der Waals surface area contributed by atoms with Gasteiger partial charge in [-0.25, -0.2) is 17.7 Å². The van der Waals surface area contributed by atoms with E-state index in [9.17, 15) is 17.8 Å². The van der Waals surface area contributed by atoms with Gasteiger partial charge in [-0.1, -0.05) is 6.07 Å². The fourth-order valence-electron chi connectivity index (χ4n) is 4.55. The number of aliphatic hydroxyl groups excluding tert-OH is 1. The number of halogens is 2. The van der Waals surface area contributed by atoms with Gasteiger partial charge in [0.2, 0.25) is 11.3 Å². The predicted octanol–water partition coefficient (Wildman–Crippen LogP) is 5.57. The van der Waals surface area contributed by atoms with E-state index in [1.807, 2.05) is 0 Å². The van der Waals surface area contributed by atoms with Crippen molar-refractivity contribution >= 4 is 22.2 Å². The van der Waals surface area contributed by atoms with Crippen LogP contribution in [0.1, 0.15) is 12.0 Å². The number of aromatic nitrogens is 1.